The first-order valence-corrected chi connectivity index (χ1v) is 26.2. The molecule has 2 aliphatic rings. The lowest BCUT2D eigenvalue weighted by molar-refractivity contribution is -0.137. The number of alkyl halides is 3. The van der Waals surface area contributed by atoms with Crippen molar-refractivity contribution in [2.75, 3.05) is 36.6 Å². The number of aliphatic imine (C=N–C) groups is 1. The number of benzene rings is 2. The molecule has 2 fully saturated rings. The van der Waals surface area contributed by atoms with Gasteiger partial charge in [-0.2, -0.15) is 13.2 Å². The van der Waals surface area contributed by atoms with Crippen molar-refractivity contribution in [2.24, 2.45) is 4.99 Å². The number of pyridine rings is 2. The van der Waals surface area contributed by atoms with E-state index in [2.05, 4.69) is 44.4 Å². The minimum Gasteiger partial charge on any atom is -0.496 e. The van der Waals surface area contributed by atoms with Gasteiger partial charge >= 0.3 is 6.18 Å². The number of nitrogens with one attached hydrogen (secondary N) is 2. The Hall–Kier alpha value is -9.52. The van der Waals surface area contributed by atoms with Gasteiger partial charge in [-0.05, 0) is 112 Å². The molecule has 2 atom stereocenters. The lowest BCUT2D eigenvalue weighted by Crippen LogP contribution is -2.39. The van der Waals surface area contributed by atoms with E-state index in [1.165, 1.54) is 25.5 Å². The third-order valence-electron chi connectivity index (χ3n) is 14.1. The van der Waals surface area contributed by atoms with Crippen LogP contribution in [0.4, 0.5) is 36.4 Å². The first-order valence-electron chi connectivity index (χ1n) is 26.2. The second-order valence-electron chi connectivity index (χ2n) is 19.3. The van der Waals surface area contributed by atoms with E-state index in [0.717, 1.165) is 62.4 Å². The highest BCUT2D eigenvalue weighted by Gasteiger charge is 2.35. The van der Waals surface area contributed by atoms with Crippen LogP contribution in [0, 0.1) is 11.8 Å². The number of aromatic nitrogens is 8. The van der Waals surface area contributed by atoms with Crippen LogP contribution >= 0.6 is 0 Å². The van der Waals surface area contributed by atoms with Crippen molar-refractivity contribution in [3.8, 4) is 40.1 Å². The van der Waals surface area contributed by atoms with Gasteiger partial charge in [-0.15, -0.1) is 0 Å². The van der Waals surface area contributed by atoms with Gasteiger partial charge in [0.25, 0.3) is 17.7 Å². The van der Waals surface area contributed by atoms with Gasteiger partial charge in [-0.3, -0.25) is 28.0 Å². The van der Waals surface area contributed by atoms with Gasteiger partial charge < -0.3 is 30.9 Å². The van der Waals surface area contributed by atoms with Gasteiger partial charge in [-0.1, -0.05) is 37.5 Å². The molecule has 2 aliphatic heterocycles. The maximum atomic E-state index is 14.5. The number of nitrogens with two attached hydrogens (primary N) is 1. The quantitative estimate of drug-likeness (QED) is 0.0682. The molecule has 2 unspecified atom stereocenters. The summed E-state index contributed by atoms with van der Waals surface area (Å²) in [5, 5.41) is 5.32. The van der Waals surface area contributed by atoms with Crippen LogP contribution in [0.25, 0.3) is 33.5 Å². The van der Waals surface area contributed by atoms with Crippen LogP contribution in [0.3, 0.4) is 0 Å². The minimum atomic E-state index is -4.61. The van der Waals surface area contributed by atoms with Crippen molar-refractivity contribution in [2.45, 2.75) is 89.9 Å². The summed E-state index contributed by atoms with van der Waals surface area (Å²) in [5.41, 5.74) is 10.1. The molecule has 2 aromatic carbocycles. The van der Waals surface area contributed by atoms with Crippen LogP contribution in [0.2, 0.25) is 0 Å². The Labute approximate surface area is 457 Å². The van der Waals surface area contributed by atoms with E-state index >= 15 is 0 Å². The van der Waals surface area contributed by atoms with Crippen molar-refractivity contribution < 1.29 is 37.1 Å². The van der Waals surface area contributed by atoms with E-state index in [1.807, 2.05) is 20.9 Å². The normalized spacial score (nSPS) is 15.7. The largest absolute Gasteiger partial charge is 0.496 e. The number of hydrogen-bond donors (Lipinski definition) is 3. The van der Waals surface area contributed by atoms with Gasteiger partial charge in [0.2, 0.25) is 5.91 Å². The lowest BCUT2D eigenvalue weighted by atomic mass is 10.0. The van der Waals surface area contributed by atoms with Crippen LogP contribution in [0.15, 0.2) is 109 Å². The highest BCUT2D eigenvalue weighted by atomic mass is 19.4. The maximum Gasteiger partial charge on any atom is 0.416 e. The zero-order chi connectivity index (χ0) is 56.1. The number of rotatable bonds is 14. The molecular weight excluding hydrogens is 1030 g/mol. The number of methoxy groups -OCH3 is 1. The monoisotopic (exact) mass is 1080 g/mol. The van der Waals surface area contributed by atoms with Gasteiger partial charge in [0.15, 0.2) is 5.82 Å². The number of likely N-dealkylation sites (tertiary alicyclic amines) is 2. The average Bonchev–Trinajstić information content (AvgIpc) is 4.22. The molecule has 4 N–H and O–H groups in total. The summed E-state index contributed by atoms with van der Waals surface area (Å²) >= 11 is 0. The van der Waals surface area contributed by atoms with Crippen molar-refractivity contribution in [1.29, 1.82) is 0 Å². The molecule has 8 aromatic rings. The highest BCUT2D eigenvalue weighted by Crippen LogP contribution is 2.40. The third-order valence-corrected chi connectivity index (χ3v) is 14.1. The molecule has 10 rings (SSSR count). The van der Waals surface area contributed by atoms with Crippen LogP contribution < -0.4 is 21.1 Å². The van der Waals surface area contributed by atoms with E-state index in [4.69, 9.17) is 30.4 Å². The fraction of sp³-hybridized carbons (Fsp3) is 0.293. The zero-order valence-corrected chi connectivity index (χ0v) is 44.0. The summed E-state index contributed by atoms with van der Waals surface area (Å²) in [5.74, 6) is 5.84. The van der Waals surface area contributed by atoms with E-state index in [9.17, 15) is 32.3 Å². The number of fused-ring (bicyclic) bond motifs is 2. The number of imidazole rings is 2. The van der Waals surface area contributed by atoms with Gasteiger partial charge in [-0.25, -0.2) is 34.9 Å². The number of aryl methyl sites for hydroxylation is 1. The van der Waals surface area contributed by atoms with Gasteiger partial charge in [0.1, 0.15) is 57.3 Å². The van der Waals surface area contributed by atoms with Crippen LogP contribution in [-0.4, -0.2) is 98.5 Å². The van der Waals surface area contributed by atoms with Crippen molar-refractivity contribution in [3.63, 3.8) is 0 Å². The topological polar surface area (TPSA) is 233 Å². The number of carbonyl (C=O) groups is 4. The molecule has 0 bridgehead atoms. The van der Waals surface area contributed by atoms with Crippen LogP contribution in [-0.2, 0) is 22.2 Å². The number of nitrogens with zero attached hydrogens (tertiary/aromatic N) is 11. The summed E-state index contributed by atoms with van der Waals surface area (Å²) in [6.07, 6.45) is 12.3. The summed E-state index contributed by atoms with van der Waals surface area (Å²) in [7, 11) is 1.48. The van der Waals surface area contributed by atoms with Crippen LogP contribution in [0.1, 0.15) is 121 Å². The Morgan fingerprint density at radius 1 is 0.762 bits per heavy atom. The highest BCUT2D eigenvalue weighted by molar-refractivity contribution is 6.07. The molecule has 22 heteroatoms. The molecule has 6 aromatic heterocycles. The predicted octanol–water partition coefficient (Wildman–Crippen LogP) is 9.89. The first-order chi connectivity index (χ1) is 38.7. The number of ether oxygens (including phenoxy) is 1. The number of halogens is 3. The van der Waals surface area contributed by atoms with Crippen molar-refractivity contribution >= 4 is 64.1 Å². The Balaban J connectivity index is 0.943. The Morgan fingerprint density at radius 3 is 2.10 bits per heavy atom. The summed E-state index contributed by atoms with van der Waals surface area (Å²) in [4.78, 5) is 90.8. The van der Waals surface area contributed by atoms with E-state index in [1.54, 1.807) is 78.0 Å². The molecule has 19 nitrogen and oxygen atoms in total. The average molecular weight is 1090 g/mol. The summed E-state index contributed by atoms with van der Waals surface area (Å²) in [6.45, 7) is 4.64. The van der Waals surface area contributed by atoms with Crippen LogP contribution in [0.5, 0.6) is 5.75 Å². The molecule has 4 amide bonds. The number of anilines is 3. The SMILES string of the molecule is CC#CC(=O)N1CCCCC1c1nc(-c2ccc(C(=O)Nc3cc(CCC)ccn3)c(OC)c2)c2c(N=CCC(=O)N3CCCCC3c3nc(-c4ccc(C(=O)Nc5cc(C(F)(F)F)ccn5)cc4)c4c(N)nccn34)nccn12. The molecule has 0 aliphatic carbocycles. The number of amides is 4. The predicted molar refractivity (Wildman–Crippen MR) is 294 cm³/mol. The zero-order valence-electron chi connectivity index (χ0n) is 44.0. The van der Waals surface area contributed by atoms with Crippen molar-refractivity contribution in [1.82, 2.24) is 48.5 Å². The van der Waals surface area contributed by atoms with Gasteiger partial charge in [0, 0.05) is 73.2 Å². The number of piperidine rings is 2. The van der Waals surface area contributed by atoms with E-state index in [-0.39, 0.29) is 52.6 Å². The molecule has 408 valence electrons. The lowest BCUT2D eigenvalue weighted by Gasteiger charge is -2.34. The molecule has 80 heavy (non-hydrogen) atoms. The number of carbonyl (C=O) groups excluding carboxylic acids is 4. The Kier molecular flexibility index (Phi) is 15.6. The minimum absolute atomic E-state index is 0.108. The number of nitrogen functional groups attached to an aromatic ring is 1. The Bertz CT molecular complexity index is 3770. The fourth-order valence-electron chi connectivity index (χ4n) is 10.4. The van der Waals surface area contributed by atoms with Gasteiger partial charge in [0.05, 0.1) is 36.7 Å². The maximum absolute atomic E-state index is 14.5. The third kappa shape index (κ3) is 11.1. The molecule has 2 saturated heterocycles. The molecule has 0 radical (unpaired) electrons. The van der Waals surface area contributed by atoms with E-state index < -0.39 is 35.6 Å². The second kappa shape index (κ2) is 23.2. The summed E-state index contributed by atoms with van der Waals surface area (Å²) < 4.78 is 49.5. The van der Waals surface area contributed by atoms with E-state index in [0.29, 0.717) is 76.9 Å². The number of hydrogen-bond acceptors (Lipinski definition) is 13. The fourth-order valence-corrected chi connectivity index (χ4v) is 10.4. The van der Waals surface area contributed by atoms with Crippen molar-refractivity contribution in [3.05, 3.63) is 138 Å². The Morgan fingerprint density at radius 2 is 1.40 bits per heavy atom. The molecule has 0 spiro atoms. The molecular formula is C58H55F3N14O5. The second-order valence-corrected chi connectivity index (χ2v) is 19.3. The smallest absolute Gasteiger partial charge is 0.416 e. The molecule has 0 saturated carbocycles. The summed E-state index contributed by atoms with van der Waals surface area (Å²) in [6, 6.07) is 15.9. The molecule has 8 heterocycles. The first kappa shape index (κ1) is 53.9. The standard InChI is InChI=1S/C58H55F3N14O5/c1-4-10-35-20-23-63-44(32-35)69-57(79)40-19-18-38(33-43(40)80-3)49-51-53(67-27-31-75(51)55(71-49)42-13-6-8-28-72(42)46(76)11-5-2)66-25-22-47(77)73-29-9-7-12-41(73)54-70-48(50-52(62)65-26-30-74(50)54)36-14-16-37(17-15-36)56(78)68-45-34-39(21-24-64-45)58(59,60)61/h14-21,23-27,30-34,41-42H,4,6-10,12-13,22,28-29H2,1-3H3,(H2,62,65)(H,63,69,79)(H,64,68,78).